The summed E-state index contributed by atoms with van der Waals surface area (Å²) in [6.45, 7) is 0.983. The maximum atomic E-state index is 12.7. The maximum Gasteiger partial charge on any atom is 0.243 e. The average Bonchev–Trinajstić information content (AvgIpc) is 3.23. The van der Waals surface area contributed by atoms with Crippen LogP contribution in [0.25, 0.3) is 0 Å². The lowest BCUT2D eigenvalue weighted by atomic mass is 10.3. The number of halogens is 2. The summed E-state index contributed by atoms with van der Waals surface area (Å²) >= 11 is 0. The Morgan fingerprint density at radius 2 is 1.76 bits per heavy atom. The molecule has 0 aliphatic heterocycles. The van der Waals surface area contributed by atoms with Crippen LogP contribution in [-0.2, 0) is 9.59 Å². The van der Waals surface area contributed by atoms with Gasteiger partial charge in [-0.25, -0.2) is 4.39 Å². The first-order chi connectivity index (χ1) is 9.63. The normalized spacial score (nSPS) is 13.2. The predicted molar refractivity (Wildman–Crippen MR) is 80.9 cm³/mol. The first-order valence-electron chi connectivity index (χ1n) is 6.66. The van der Waals surface area contributed by atoms with E-state index in [1.54, 1.807) is 0 Å². The third-order valence-electron chi connectivity index (χ3n) is 2.99. The Labute approximate surface area is 129 Å². The van der Waals surface area contributed by atoms with Gasteiger partial charge in [-0.15, -0.1) is 12.4 Å². The van der Waals surface area contributed by atoms with Crippen LogP contribution in [0.4, 0.5) is 10.1 Å². The Bertz CT molecular complexity index is 478. The monoisotopic (exact) mass is 315 g/mol. The van der Waals surface area contributed by atoms with Gasteiger partial charge >= 0.3 is 0 Å². The number of hydrogen-bond donors (Lipinski definition) is 3. The third-order valence-corrected chi connectivity index (χ3v) is 2.99. The van der Waals surface area contributed by atoms with Crippen LogP contribution < -0.4 is 16.0 Å². The van der Waals surface area contributed by atoms with Crippen molar-refractivity contribution in [2.45, 2.75) is 12.8 Å². The summed E-state index contributed by atoms with van der Waals surface area (Å²) in [4.78, 5) is 23.0. The van der Waals surface area contributed by atoms with Crippen LogP contribution in [0.1, 0.15) is 12.8 Å². The number of benzene rings is 1. The molecule has 1 aromatic rings. The van der Waals surface area contributed by atoms with E-state index in [1.807, 2.05) is 0 Å². The van der Waals surface area contributed by atoms with Gasteiger partial charge in [0, 0.05) is 5.69 Å². The van der Waals surface area contributed by atoms with Gasteiger partial charge in [-0.1, -0.05) is 0 Å². The molecule has 1 aromatic carbocycles. The topological polar surface area (TPSA) is 70.2 Å². The van der Waals surface area contributed by atoms with Gasteiger partial charge in [0.2, 0.25) is 11.8 Å². The number of carbonyl (C=O) groups is 2. The number of nitrogens with one attached hydrogen (secondary N) is 3. The molecule has 1 aliphatic carbocycles. The molecule has 2 rings (SSSR count). The molecule has 0 heterocycles. The molecule has 21 heavy (non-hydrogen) atoms. The highest BCUT2D eigenvalue weighted by molar-refractivity contribution is 5.94. The van der Waals surface area contributed by atoms with Gasteiger partial charge in [-0.2, -0.15) is 0 Å². The lowest BCUT2D eigenvalue weighted by molar-refractivity contribution is -0.123. The Morgan fingerprint density at radius 1 is 1.10 bits per heavy atom. The minimum absolute atomic E-state index is 0. The average molecular weight is 316 g/mol. The highest BCUT2D eigenvalue weighted by Crippen LogP contribution is 2.27. The minimum Gasteiger partial charge on any atom is -0.346 e. The highest BCUT2D eigenvalue weighted by Gasteiger charge is 2.20. The fourth-order valence-corrected chi connectivity index (χ4v) is 1.69. The second kappa shape index (κ2) is 8.59. The third kappa shape index (κ3) is 7.06. The molecule has 3 N–H and O–H groups in total. The SMILES string of the molecule is Cl.O=C(CNCC1CC1)NCC(=O)Nc1ccc(F)cc1. The molecule has 0 radical (unpaired) electrons. The minimum atomic E-state index is -0.363. The molecule has 0 saturated heterocycles. The molecule has 0 aromatic heterocycles. The van der Waals surface area contributed by atoms with E-state index in [1.165, 1.54) is 37.1 Å². The lowest BCUT2D eigenvalue weighted by Gasteiger charge is -2.07. The summed E-state index contributed by atoms with van der Waals surface area (Å²) < 4.78 is 12.7. The predicted octanol–water partition coefficient (Wildman–Crippen LogP) is 1.30. The number of carbonyl (C=O) groups excluding carboxylic acids is 2. The van der Waals surface area contributed by atoms with E-state index in [0.29, 0.717) is 11.6 Å². The number of hydrogen-bond acceptors (Lipinski definition) is 3. The lowest BCUT2D eigenvalue weighted by Crippen LogP contribution is -2.38. The van der Waals surface area contributed by atoms with Crippen molar-refractivity contribution in [2.75, 3.05) is 25.0 Å². The molecular formula is C14H19ClFN3O2. The molecule has 0 bridgehead atoms. The highest BCUT2D eigenvalue weighted by atomic mass is 35.5. The van der Waals surface area contributed by atoms with Crippen LogP contribution in [0, 0.1) is 11.7 Å². The van der Waals surface area contributed by atoms with Gasteiger partial charge in [-0.05, 0) is 49.6 Å². The van der Waals surface area contributed by atoms with Crippen LogP contribution >= 0.6 is 12.4 Å². The van der Waals surface area contributed by atoms with Crippen molar-refractivity contribution in [1.82, 2.24) is 10.6 Å². The summed E-state index contributed by atoms with van der Waals surface area (Å²) in [6, 6.07) is 5.45. The quantitative estimate of drug-likeness (QED) is 0.710. The van der Waals surface area contributed by atoms with Crippen LogP contribution in [0.2, 0.25) is 0 Å². The van der Waals surface area contributed by atoms with Crippen molar-refractivity contribution in [3.05, 3.63) is 30.1 Å². The van der Waals surface area contributed by atoms with E-state index < -0.39 is 0 Å². The van der Waals surface area contributed by atoms with Crippen LogP contribution in [0.3, 0.4) is 0 Å². The Morgan fingerprint density at radius 3 is 2.38 bits per heavy atom. The Kier molecular flexibility index (Phi) is 7.11. The summed E-state index contributed by atoms with van der Waals surface area (Å²) in [7, 11) is 0. The van der Waals surface area contributed by atoms with E-state index in [9.17, 15) is 14.0 Å². The maximum absolute atomic E-state index is 12.7. The zero-order valence-electron chi connectivity index (χ0n) is 11.5. The molecule has 0 atom stereocenters. The van der Waals surface area contributed by atoms with Gasteiger partial charge in [0.05, 0.1) is 13.1 Å². The first-order valence-corrected chi connectivity index (χ1v) is 6.66. The number of amides is 2. The van der Waals surface area contributed by atoms with E-state index in [4.69, 9.17) is 0 Å². The summed E-state index contributed by atoms with van der Waals surface area (Å²) in [5, 5.41) is 8.13. The smallest absolute Gasteiger partial charge is 0.243 e. The zero-order chi connectivity index (χ0) is 14.4. The van der Waals surface area contributed by atoms with Crippen molar-refractivity contribution in [3.8, 4) is 0 Å². The van der Waals surface area contributed by atoms with Crippen molar-refractivity contribution in [3.63, 3.8) is 0 Å². The number of anilines is 1. The van der Waals surface area contributed by atoms with Crippen LogP contribution in [0.15, 0.2) is 24.3 Å². The molecule has 2 amide bonds. The van der Waals surface area contributed by atoms with Gasteiger partial charge in [0.15, 0.2) is 0 Å². The van der Waals surface area contributed by atoms with E-state index >= 15 is 0 Å². The molecule has 5 nitrogen and oxygen atoms in total. The van der Waals surface area contributed by atoms with Crippen molar-refractivity contribution < 1.29 is 14.0 Å². The zero-order valence-corrected chi connectivity index (χ0v) is 12.3. The van der Waals surface area contributed by atoms with E-state index in [0.717, 1.165) is 6.54 Å². The van der Waals surface area contributed by atoms with Gasteiger partial charge in [-0.3, -0.25) is 9.59 Å². The van der Waals surface area contributed by atoms with Crippen molar-refractivity contribution in [2.24, 2.45) is 5.92 Å². The van der Waals surface area contributed by atoms with Crippen LogP contribution in [-0.4, -0.2) is 31.4 Å². The first kappa shape index (κ1) is 17.4. The second-order valence-corrected chi connectivity index (χ2v) is 4.91. The molecule has 7 heteroatoms. The molecule has 116 valence electrons. The second-order valence-electron chi connectivity index (χ2n) is 4.91. The Balaban J connectivity index is 0.00000220. The summed E-state index contributed by atoms with van der Waals surface area (Å²) in [5.74, 6) is -0.199. The van der Waals surface area contributed by atoms with Crippen molar-refractivity contribution >= 4 is 29.9 Å². The largest absolute Gasteiger partial charge is 0.346 e. The molecule has 1 aliphatic rings. The van der Waals surface area contributed by atoms with Crippen molar-refractivity contribution in [1.29, 1.82) is 0 Å². The van der Waals surface area contributed by atoms with E-state index in [2.05, 4.69) is 16.0 Å². The summed E-state index contributed by atoms with van der Waals surface area (Å²) in [6.07, 6.45) is 2.46. The standard InChI is InChI=1S/C14H18FN3O2.ClH/c15-11-3-5-12(6-4-11)18-14(20)9-17-13(19)8-16-7-10-1-2-10;/h3-6,10,16H,1-2,7-9H2,(H,17,19)(H,18,20);1H. The van der Waals surface area contributed by atoms with Gasteiger partial charge in [0.25, 0.3) is 0 Å². The molecular weight excluding hydrogens is 297 g/mol. The molecule has 1 fully saturated rings. The molecule has 0 spiro atoms. The number of rotatable bonds is 7. The summed E-state index contributed by atoms with van der Waals surface area (Å²) in [5.41, 5.74) is 0.498. The molecule has 0 unspecified atom stereocenters. The van der Waals surface area contributed by atoms with E-state index in [-0.39, 0.29) is 43.1 Å². The van der Waals surface area contributed by atoms with Gasteiger partial charge in [0.1, 0.15) is 5.82 Å². The fraction of sp³-hybridized carbons (Fsp3) is 0.429. The fourth-order valence-electron chi connectivity index (χ4n) is 1.69. The van der Waals surface area contributed by atoms with Crippen LogP contribution in [0.5, 0.6) is 0 Å². The van der Waals surface area contributed by atoms with Gasteiger partial charge < -0.3 is 16.0 Å². The molecule has 1 saturated carbocycles. The Hall–Kier alpha value is -1.66.